The van der Waals surface area contributed by atoms with E-state index in [0.29, 0.717) is 5.71 Å². The predicted molar refractivity (Wildman–Crippen MR) is 94.5 cm³/mol. The Bertz CT molecular complexity index is 943. The van der Waals surface area contributed by atoms with Gasteiger partial charge in [-0.25, -0.2) is 4.98 Å². The van der Waals surface area contributed by atoms with Crippen LogP contribution in [0, 0.1) is 0 Å². The van der Waals surface area contributed by atoms with Gasteiger partial charge in [-0.1, -0.05) is 54.6 Å². The summed E-state index contributed by atoms with van der Waals surface area (Å²) in [6, 6.07) is 18.1. The van der Waals surface area contributed by atoms with Gasteiger partial charge in [-0.2, -0.15) is 4.79 Å². The Morgan fingerprint density at radius 1 is 1.00 bits per heavy atom. The van der Waals surface area contributed by atoms with Crippen molar-refractivity contribution in [1.29, 1.82) is 0 Å². The van der Waals surface area contributed by atoms with Crippen LogP contribution in [0.15, 0.2) is 72.8 Å². The Labute approximate surface area is 137 Å². The average molecular weight is 315 g/mol. The van der Waals surface area contributed by atoms with Gasteiger partial charge >= 0.3 is 5.71 Å². The molecule has 0 fully saturated rings. The number of para-hydroxylation sites is 1. The maximum Gasteiger partial charge on any atom is 0.306 e. The van der Waals surface area contributed by atoms with Gasteiger partial charge in [-0.3, -0.25) is 0 Å². The first-order chi connectivity index (χ1) is 11.3. The van der Waals surface area contributed by atoms with Gasteiger partial charge in [0.1, 0.15) is 10.9 Å². The number of hydrogen-bond acceptors (Lipinski definition) is 2. The molecule has 4 heteroatoms. The highest BCUT2D eigenvalue weighted by Gasteiger charge is 2.27. The van der Waals surface area contributed by atoms with E-state index in [2.05, 4.69) is 28.0 Å². The monoisotopic (exact) mass is 315 g/mol. The number of thiazole rings is 1. The number of nitrogens with zero attached hydrogens (tertiary/aromatic N) is 3. The van der Waals surface area contributed by atoms with Crippen LogP contribution < -0.4 is 0 Å². The molecule has 0 saturated carbocycles. The molecule has 0 radical (unpaired) electrons. The van der Waals surface area contributed by atoms with Crippen molar-refractivity contribution in [2.24, 2.45) is 0 Å². The molecular weight excluding hydrogens is 302 g/mol. The van der Waals surface area contributed by atoms with Crippen molar-refractivity contribution in [3.05, 3.63) is 88.9 Å². The van der Waals surface area contributed by atoms with Crippen LogP contribution in [-0.2, 0) is 0 Å². The fourth-order valence-electron chi connectivity index (χ4n) is 2.73. The van der Waals surface area contributed by atoms with Gasteiger partial charge in [0.15, 0.2) is 0 Å². The summed E-state index contributed by atoms with van der Waals surface area (Å²) >= 11 is 1.64. The zero-order valence-electron chi connectivity index (χ0n) is 12.3. The van der Waals surface area contributed by atoms with Crippen LogP contribution in [0.4, 0.5) is 0 Å². The fraction of sp³-hybridized carbons (Fsp3) is 0.0526. The second-order valence-electron chi connectivity index (χ2n) is 5.35. The van der Waals surface area contributed by atoms with E-state index in [9.17, 15) is 5.53 Å². The predicted octanol–water partition coefficient (Wildman–Crippen LogP) is 4.70. The minimum absolute atomic E-state index is 0.107. The third-order valence-corrected chi connectivity index (χ3v) is 5.01. The van der Waals surface area contributed by atoms with Crippen molar-refractivity contribution < 1.29 is 4.79 Å². The molecule has 4 rings (SSSR count). The number of hydrogen-bond donors (Lipinski definition) is 0. The van der Waals surface area contributed by atoms with E-state index in [-0.39, 0.29) is 5.92 Å². The molecule has 23 heavy (non-hydrogen) atoms. The largest absolute Gasteiger partial charge is 0.361 e. The summed E-state index contributed by atoms with van der Waals surface area (Å²) in [5.41, 5.74) is 13.2. The summed E-state index contributed by atoms with van der Waals surface area (Å²) in [5, 5.41) is 0.943. The molecule has 0 amide bonds. The molecule has 3 aromatic rings. The third kappa shape index (κ3) is 2.55. The van der Waals surface area contributed by atoms with Crippen LogP contribution in [0.5, 0.6) is 0 Å². The zero-order valence-corrected chi connectivity index (χ0v) is 13.1. The lowest BCUT2D eigenvalue weighted by Crippen LogP contribution is -2.12. The standard InChI is InChI=1S/C19H13N3S/c20-22-17-12-14(13-6-2-1-3-7-13)10-11-15(17)19-21-16-8-4-5-9-18(16)23-19/h1-12,15H. The van der Waals surface area contributed by atoms with Crippen molar-refractivity contribution in [3.63, 3.8) is 0 Å². The number of aromatic nitrogens is 1. The van der Waals surface area contributed by atoms with Crippen LogP contribution in [0.1, 0.15) is 16.5 Å². The van der Waals surface area contributed by atoms with Gasteiger partial charge in [-0.05, 0) is 23.3 Å². The lowest BCUT2D eigenvalue weighted by atomic mass is 9.92. The summed E-state index contributed by atoms with van der Waals surface area (Å²) in [5.74, 6) is -0.107. The Hall–Kier alpha value is -2.81. The normalized spacial score (nSPS) is 17.1. The second kappa shape index (κ2) is 5.76. The summed E-state index contributed by atoms with van der Waals surface area (Å²) in [6.07, 6.45) is 6.04. The molecule has 2 aromatic carbocycles. The Kier molecular flexibility index (Phi) is 3.46. The molecule has 1 unspecified atom stereocenters. The van der Waals surface area contributed by atoms with E-state index in [1.165, 1.54) is 0 Å². The van der Waals surface area contributed by atoms with Gasteiger partial charge in [0, 0.05) is 6.08 Å². The van der Waals surface area contributed by atoms with Crippen molar-refractivity contribution in [2.75, 3.05) is 0 Å². The zero-order chi connectivity index (χ0) is 15.6. The molecule has 0 N–H and O–H groups in total. The first-order valence-corrected chi connectivity index (χ1v) is 8.19. The highest BCUT2D eigenvalue weighted by atomic mass is 32.1. The molecule has 1 heterocycles. The molecule has 0 saturated heterocycles. The lowest BCUT2D eigenvalue weighted by molar-refractivity contribution is -0.00677. The van der Waals surface area contributed by atoms with Crippen LogP contribution in [0.25, 0.3) is 21.3 Å². The highest BCUT2D eigenvalue weighted by Crippen LogP contribution is 2.33. The Balaban J connectivity index is 1.74. The summed E-state index contributed by atoms with van der Waals surface area (Å²) < 4.78 is 1.14. The Morgan fingerprint density at radius 2 is 1.78 bits per heavy atom. The van der Waals surface area contributed by atoms with Gasteiger partial charge < -0.3 is 5.53 Å². The minimum atomic E-state index is -0.107. The van der Waals surface area contributed by atoms with Crippen LogP contribution in [-0.4, -0.2) is 15.5 Å². The highest BCUT2D eigenvalue weighted by molar-refractivity contribution is 7.18. The smallest absolute Gasteiger partial charge is 0.306 e. The summed E-state index contributed by atoms with van der Waals surface area (Å²) in [7, 11) is 0. The van der Waals surface area contributed by atoms with Crippen LogP contribution >= 0.6 is 11.3 Å². The molecular formula is C19H13N3S. The fourth-order valence-corrected chi connectivity index (χ4v) is 3.79. The van der Waals surface area contributed by atoms with E-state index in [1.54, 1.807) is 11.3 Å². The number of rotatable bonds is 2. The molecule has 1 aliphatic rings. The van der Waals surface area contributed by atoms with Crippen LogP contribution in [0.2, 0.25) is 0 Å². The lowest BCUT2D eigenvalue weighted by Gasteiger charge is -2.10. The molecule has 0 spiro atoms. The quantitative estimate of drug-likeness (QED) is 0.499. The van der Waals surface area contributed by atoms with Gasteiger partial charge in [0.25, 0.3) is 0 Å². The molecule has 1 atom stereocenters. The molecule has 110 valence electrons. The number of benzene rings is 2. The number of allylic oxidation sites excluding steroid dienone is 4. The minimum Gasteiger partial charge on any atom is -0.361 e. The molecule has 0 aliphatic heterocycles. The van der Waals surface area contributed by atoms with Gasteiger partial charge in [0.05, 0.1) is 10.2 Å². The maximum atomic E-state index is 9.45. The average Bonchev–Trinajstić information content (AvgIpc) is 3.06. The van der Waals surface area contributed by atoms with E-state index in [4.69, 9.17) is 0 Å². The third-order valence-electron chi connectivity index (χ3n) is 3.89. The van der Waals surface area contributed by atoms with Crippen molar-refractivity contribution in [3.8, 4) is 0 Å². The summed E-state index contributed by atoms with van der Waals surface area (Å²) in [6.45, 7) is 0. The van der Waals surface area contributed by atoms with Crippen molar-refractivity contribution in [2.45, 2.75) is 5.92 Å². The molecule has 1 aliphatic carbocycles. The van der Waals surface area contributed by atoms with E-state index in [0.717, 1.165) is 26.4 Å². The molecule has 3 nitrogen and oxygen atoms in total. The SMILES string of the molecule is [N-]=[N+]=C1C=C(c2ccccc2)C=CC1c1nc2ccccc2s1. The summed E-state index contributed by atoms with van der Waals surface area (Å²) in [4.78, 5) is 8.19. The van der Waals surface area contributed by atoms with E-state index >= 15 is 0 Å². The van der Waals surface area contributed by atoms with Crippen molar-refractivity contribution in [1.82, 2.24) is 4.98 Å². The molecule has 1 aromatic heterocycles. The van der Waals surface area contributed by atoms with E-state index < -0.39 is 0 Å². The first kappa shape index (κ1) is 13.8. The van der Waals surface area contributed by atoms with Gasteiger partial charge in [-0.15, -0.1) is 11.3 Å². The Morgan fingerprint density at radius 3 is 2.57 bits per heavy atom. The van der Waals surface area contributed by atoms with Crippen molar-refractivity contribution >= 4 is 32.8 Å². The maximum absolute atomic E-state index is 9.45. The van der Waals surface area contributed by atoms with E-state index in [1.807, 2.05) is 54.6 Å². The molecule has 0 bridgehead atoms. The second-order valence-corrected chi connectivity index (χ2v) is 6.41. The topological polar surface area (TPSA) is 49.3 Å². The number of fused-ring (bicyclic) bond motifs is 1. The van der Waals surface area contributed by atoms with Gasteiger partial charge in [0.2, 0.25) is 0 Å². The first-order valence-electron chi connectivity index (χ1n) is 7.38. The van der Waals surface area contributed by atoms with Crippen LogP contribution in [0.3, 0.4) is 0 Å².